The molecule has 3 heteroatoms. The molecule has 0 aliphatic heterocycles. The summed E-state index contributed by atoms with van der Waals surface area (Å²) in [7, 11) is 0. The van der Waals surface area contributed by atoms with Crippen LogP contribution < -0.4 is 0 Å². The fraction of sp³-hybridized carbons (Fsp3) is 1.00. The third kappa shape index (κ3) is 2.21. The highest BCUT2D eigenvalue weighted by Crippen LogP contribution is 2.56. The van der Waals surface area contributed by atoms with Crippen molar-refractivity contribution in [3.63, 3.8) is 0 Å². The molecule has 2 aliphatic rings. The van der Waals surface area contributed by atoms with E-state index in [0.29, 0.717) is 0 Å². The Morgan fingerprint density at radius 3 is 2.28 bits per heavy atom. The molecule has 0 spiro atoms. The van der Waals surface area contributed by atoms with Gasteiger partial charge in [0.2, 0.25) is 0 Å². The Morgan fingerprint density at radius 2 is 1.72 bits per heavy atom. The van der Waals surface area contributed by atoms with Gasteiger partial charge in [0, 0.05) is 11.8 Å². The number of rotatable bonds is 1. The summed E-state index contributed by atoms with van der Waals surface area (Å²) >= 11 is 0. The maximum Gasteiger partial charge on any atom is 0.0677 e. The van der Waals surface area contributed by atoms with Crippen LogP contribution in [0.2, 0.25) is 0 Å². The van der Waals surface area contributed by atoms with Crippen LogP contribution in [0.3, 0.4) is 0 Å². The molecule has 0 bridgehead atoms. The smallest absolute Gasteiger partial charge is 0.0677 e. The fourth-order valence-corrected chi connectivity index (χ4v) is 4.63. The van der Waals surface area contributed by atoms with Gasteiger partial charge in [-0.3, -0.25) is 0 Å². The van der Waals surface area contributed by atoms with E-state index < -0.39 is 17.3 Å². The van der Waals surface area contributed by atoms with Crippen LogP contribution in [0.5, 0.6) is 0 Å². The van der Waals surface area contributed by atoms with Crippen LogP contribution in [0.25, 0.3) is 0 Å². The van der Waals surface area contributed by atoms with Crippen molar-refractivity contribution in [1.29, 1.82) is 0 Å². The van der Waals surface area contributed by atoms with E-state index >= 15 is 0 Å². The summed E-state index contributed by atoms with van der Waals surface area (Å²) in [5.74, 6) is -0.260. The van der Waals surface area contributed by atoms with Crippen LogP contribution in [-0.2, 0) is 0 Å². The second-order valence-electron chi connectivity index (χ2n) is 7.63. The Balaban J connectivity index is 2.32. The van der Waals surface area contributed by atoms with Gasteiger partial charge in [0.1, 0.15) is 0 Å². The van der Waals surface area contributed by atoms with E-state index in [1.54, 1.807) is 13.8 Å². The van der Waals surface area contributed by atoms with Gasteiger partial charge in [0.25, 0.3) is 0 Å². The minimum Gasteiger partial charge on any atom is -0.392 e. The van der Waals surface area contributed by atoms with E-state index in [9.17, 15) is 15.3 Å². The summed E-state index contributed by atoms with van der Waals surface area (Å²) in [5.41, 5.74) is -1.67. The first kappa shape index (κ1) is 14.3. The highest BCUT2D eigenvalue weighted by molar-refractivity contribution is 5.07. The number of hydrogen-bond acceptors (Lipinski definition) is 3. The van der Waals surface area contributed by atoms with Crippen LogP contribution in [0.15, 0.2) is 0 Å². The Bertz CT molecular complexity index is 318. The molecule has 3 nitrogen and oxygen atoms in total. The molecule has 0 amide bonds. The average Bonchev–Trinajstić information content (AvgIpc) is 2.12. The molecular formula is C15H28O3. The van der Waals surface area contributed by atoms with Crippen LogP contribution in [0.4, 0.5) is 0 Å². The first-order valence-corrected chi connectivity index (χ1v) is 7.21. The van der Waals surface area contributed by atoms with Crippen molar-refractivity contribution in [2.24, 2.45) is 17.3 Å². The topological polar surface area (TPSA) is 60.7 Å². The highest BCUT2D eigenvalue weighted by Gasteiger charge is 2.57. The summed E-state index contributed by atoms with van der Waals surface area (Å²) in [6.07, 6.45) is 4.07. The van der Waals surface area contributed by atoms with E-state index in [0.717, 1.165) is 32.1 Å². The average molecular weight is 256 g/mol. The second-order valence-corrected chi connectivity index (χ2v) is 7.63. The molecule has 0 aromatic heterocycles. The molecule has 18 heavy (non-hydrogen) atoms. The molecule has 0 aromatic rings. The van der Waals surface area contributed by atoms with E-state index in [1.165, 1.54) is 0 Å². The molecule has 2 rings (SSSR count). The number of aliphatic hydroxyl groups excluding tert-OH is 1. The molecule has 0 radical (unpaired) electrons. The first-order chi connectivity index (χ1) is 8.08. The molecule has 2 fully saturated rings. The fourth-order valence-electron chi connectivity index (χ4n) is 4.63. The highest BCUT2D eigenvalue weighted by atomic mass is 16.3. The van der Waals surface area contributed by atoms with Crippen molar-refractivity contribution >= 4 is 0 Å². The zero-order chi connectivity index (χ0) is 13.8. The first-order valence-electron chi connectivity index (χ1n) is 7.21. The van der Waals surface area contributed by atoms with Gasteiger partial charge in [-0.1, -0.05) is 13.3 Å². The third-order valence-electron chi connectivity index (χ3n) is 5.54. The molecule has 0 heterocycles. The quantitative estimate of drug-likeness (QED) is 0.673. The summed E-state index contributed by atoms with van der Waals surface area (Å²) in [4.78, 5) is 0. The van der Waals surface area contributed by atoms with Crippen molar-refractivity contribution in [2.45, 2.75) is 77.1 Å². The SMILES string of the molecule is CC(C)(O)C1CCC2(C)CCCC(C)(O)C2C1O. The molecule has 106 valence electrons. The summed E-state index contributed by atoms with van der Waals surface area (Å²) < 4.78 is 0. The molecule has 2 saturated carbocycles. The summed E-state index contributed by atoms with van der Waals surface area (Å²) in [5, 5.41) is 31.5. The van der Waals surface area contributed by atoms with E-state index in [2.05, 4.69) is 6.92 Å². The van der Waals surface area contributed by atoms with Gasteiger partial charge in [-0.15, -0.1) is 0 Å². The zero-order valence-electron chi connectivity index (χ0n) is 12.1. The largest absolute Gasteiger partial charge is 0.392 e. The zero-order valence-corrected chi connectivity index (χ0v) is 12.1. The lowest BCUT2D eigenvalue weighted by atomic mass is 9.51. The molecule has 5 unspecified atom stereocenters. The third-order valence-corrected chi connectivity index (χ3v) is 5.54. The van der Waals surface area contributed by atoms with E-state index in [4.69, 9.17) is 0 Å². The molecule has 0 saturated heterocycles. The van der Waals surface area contributed by atoms with E-state index in [1.807, 2.05) is 6.92 Å². The Morgan fingerprint density at radius 1 is 1.11 bits per heavy atom. The lowest BCUT2D eigenvalue weighted by molar-refractivity contribution is -0.202. The summed E-state index contributed by atoms with van der Waals surface area (Å²) in [6.45, 7) is 7.57. The monoisotopic (exact) mass is 256 g/mol. The number of hydrogen-bond donors (Lipinski definition) is 3. The predicted molar refractivity (Wildman–Crippen MR) is 71.1 cm³/mol. The number of fused-ring (bicyclic) bond motifs is 1. The van der Waals surface area contributed by atoms with Crippen LogP contribution in [0.1, 0.15) is 59.8 Å². The van der Waals surface area contributed by atoms with Crippen LogP contribution in [-0.4, -0.2) is 32.6 Å². The molecular weight excluding hydrogens is 228 g/mol. The number of aliphatic hydroxyl groups is 3. The van der Waals surface area contributed by atoms with Gasteiger partial charge in [0.05, 0.1) is 17.3 Å². The van der Waals surface area contributed by atoms with Crippen molar-refractivity contribution in [3.05, 3.63) is 0 Å². The van der Waals surface area contributed by atoms with Gasteiger partial charge >= 0.3 is 0 Å². The lowest BCUT2D eigenvalue weighted by Crippen LogP contribution is -2.61. The maximum atomic E-state index is 10.7. The van der Waals surface area contributed by atoms with E-state index in [-0.39, 0.29) is 17.3 Å². The molecule has 0 aromatic carbocycles. The minimum absolute atomic E-state index is 0.0168. The van der Waals surface area contributed by atoms with Crippen molar-refractivity contribution < 1.29 is 15.3 Å². The van der Waals surface area contributed by atoms with Crippen LogP contribution in [0, 0.1) is 17.3 Å². The van der Waals surface area contributed by atoms with Crippen molar-refractivity contribution in [2.75, 3.05) is 0 Å². The normalized spacial score (nSPS) is 49.8. The van der Waals surface area contributed by atoms with Gasteiger partial charge in [-0.05, 0) is 51.9 Å². The Kier molecular flexibility index (Phi) is 3.33. The van der Waals surface area contributed by atoms with Crippen molar-refractivity contribution in [3.8, 4) is 0 Å². The van der Waals surface area contributed by atoms with Gasteiger partial charge in [-0.2, -0.15) is 0 Å². The molecule has 3 N–H and O–H groups in total. The Hall–Kier alpha value is -0.120. The Labute approximate surface area is 110 Å². The van der Waals surface area contributed by atoms with Gasteiger partial charge in [-0.25, -0.2) is 0 Å². The molecule has 2 aliphatic carbocycles. The molecule has 5 atom stereocenters. The van der Waals surface area contributed by atoms with Crippen molar-refractivity contribution in [1.82, 2.24) is 0 Å². The standard InChI is InChI=1S/C15H28O3/c1-13(2,17)10-6-9-14(3)7-5-8-15(4,18)12(14)11(10)16/h10-12,16-18H,5-9H2,1-4H3. The van der Waals surface area contributed by atoms with Crippen LogP contribution >= 0.6 is 0 Å². The minimum atomic E-state index is -0.881. The maximum absolute atomic E-state index is 10.7. The summed E-state index contributed by atoms with van der Waals surface area (Å²) in [6, 6.07) is 0. The van der Waals surface area contributed by atoms with Gasteiger partial charge in [0.15, 0.2) is 0 Å². The second kappa shape index (κ2) is 4.19. The lowest BCUT2D eigenvalue weighted by Gasteiger charge is -2.57. The van der Waals surface area contributed by atoms with Gasteiger partial charge < -0.3 is 15.3 Å². The predicted octanol–water partition coefficient (Wildman–Crippen LogP) is 2.09.